The molecule has 26 heavy (non-hydrogen) atoms. The van der Waals surface area contributed by atoms with E-state index in [9.17, 15) is 9.59 Å². The third kappa shape index (κ3) is 4.06. The average molecular weight is 348 g/mol. The second-order valence-electron chi connectivity index (χ2n) is 6.13. The molecule has 3 rings (SSSR count). The Balaban J connectivity index is 1.80. The molecule has 0 spiro atoms. The van der Waals surface area contributed by atoms with Crippen molar-refractivity contribution in [1.29, 1.82) is 0 Å². The molecule has 132 valence electrons. The summed E-state index contributed by atoms with van der Waals surface area (Å²) < 4.78 is 4.85. The molecule has 1 atom stereocenters. The van der Waals surface area contributed by atoms with E-state index in [4.69, 9.17) is 4.74 Å². The molecule has 0 bridgehead atoms. The van der Waals surface area contributed by atoms with E-state index in [1.807, 2.05) is 61.5 Å². The molecule has 3 aromatic rings. The van der Waals surface area contributed by atoms with E-state index in [1.165, 1.54) is 7.11 Å². The highest BCUT2D eigenvalue weighted by molar-refractivity contribution is 5.97. The number of esters is 1. The Labute approximate surface area is 152 Å². The number of pyridine rings is 1. The van der Waals surface area contributed by atoms with Crippen LogP contribution in [-0.2, 0) is 16.0 Å². The fraction of sp³-hybridized carbons (Fsp3) is 0.190. The molecule has 2 aromatic carbocycles. The highest BCUT2D eigenvalue weighted by Gasteiger charge is 2.23. The van der Waals surface area contributed by atoms with E-state index in [1.54, 1.807) is 6.07 Å². The van der Waals surface area contributed by atoms with E-state index >= 15 is 0 Å². The Hall–Kier alpha value is -3.21. The lowest BCUT2D eigenvalue weighted by Gasteiger charge is -2.17. The van der Waals surface area contributed by atoms with Gasteiger partial charge < -0.3 is 10.1 Å². The first-order valence-corrected chi connectivity index (χ1v) is 8.37. The van der Waals surface area contributed by atoms with Crippen LogP contribution in [0.25, 0.3) is 10.9 Å². The van der Waals surface area contributed by atoms with E-state index in [0.717, 1.165) is 22.0 Å². The van der Waals surface area contributed by atoms with E-state index in [0.29, 0.717) is 6.42 Å². The molecular weight excluding hydrogens is 328 g/mol. The summed E-state index contributed by atoms with van der Waals surface area (Å²) in [6.07, 6.45) is 0.355. The maximum atomic E-state index is 12.6. The highest BCUT2D eigenvalue weighted by atomic mass is 16.5. The SMILES string of the molecule is COC(=O)[C@@H](Cc1cccc(C)c1)NC(=O)c1ccc2ccccc2n1. The van der Waals surface area contributed by atoms with Crippen LogP contribution in [0.15, 0.2) is 60.7 Å². The maximum Gasteiger partial charge on any atom is 0.328 e. The van der Waals surface area contributed by atoms with Gasteiger partial charge in [-0.15, -0.1) is 0 Å². The molecule has 5 nitrogen and oxygen atoms in total. The monoisotopic (exact) mass is 348 g/mol. The summed E-state index contributed by atoms with van der Waals surface area (Å²) >= 11 is 0. The van der Waals surface area contributed by atoms with E-state index < -0.39 is 17.9 Å². The quantitative estimate of drug-likeness (QED) is 0.720. The van der Waals surface area contributed by atoms with Gasteiger partial charge in [-0.3, -0.25) is 4.79 Å². The summed E-state index contributed by atoms with van der Waals surface area (Å²) in [5, 5.41) is 3.69. The zero-order valence-corrected chi connectivity index (χ0v) is 14.7. The largest absolute Gasteiger partial charge is 0.467 e. The van der Waals surface area contributed by atoms with Gasteiger partial charge in [-0.05, 0) is 24.6 Å². The Kier molecular flexibility index (Phi) is 5.27. The molecule has 0 saturated heterocycles. The van der Waals surface area contributed by atoms with Crippen molar-refractivity contribution in [3.05, 3.63) is 77.5 Å². The minimum Gasteiger partial charge on any atom is -0.467 e. The third-order valence-electron chi connectivity index (χ3n) is 4.14. The number of carbonyl (C=O) groups excluding carboxylic acids is 2. The van der Waals surface area contributed by atoms with Crippen molar-refractivity contribution < 1.29 is 14.3 Å². The summed E-state index contributed by atoms with van der Waals surface area (Å²) in [7, 11) is 1.31. The van der Waals surface area contributed by atoms with Crippen molar-refractivity contribution in [2.45, 2.75) is 19.4 Å². The van der Waals surface area contributed by atoms with Crippen LogP contribution >= 0.6 is 0 Å². The Morgan fingerprint density at radius 1 is 1.08 bits per heavy atom. The number of nitrogens with zero attached hydrogens (tertiary/aromatic N) is 1. The lowest BCUT2D eigenvalue weighted by molar-refractivity contribution is -0.142. The van der Waals surface area contributed by atoms with Gasteiger partial charge in [-0.25, -0.2) is 9.78 Å². The van der Waals surface area contributed by atoms with Crippen molar-refractivity contribution in [2.24, 2.45) is 0 Å². The lowest BCUT2D eigenvalue weighted by Crippen LogP contribution is -2.43. The van der Waals surface area contributed by atoms with Crippen LogP contribution in [0.4, 0.5) is 0 Å². The van der Waals surface area contributed by atoms with Crippen LogP contribution in [0.2, 0.25) is 0 Å². The third-order valence-corrected chi connectivity index (χ3v) is 4.14. The number of fused-ring (bicyclic) bond motifs is 1. The standard InChI is InChI=1S/C21H20N2O3/c1-14-6-5-7-15(12-14)13-19(21(25)26-2)23-20(24)18-11-10-16-8-3-4-9-17(16)22-18/h3-12,19H,13H2,1-2H3,(H,23,24)/t19-/m1/s1. The van der Waals surface area contributed by atoms with Crippen molar-refractivity contribution in [3.63, 3.8) is 0 Å². The van der Waals surface area contributed by atoms with Gasteiger partial charge >= 0.3 is 5.97 Å². The van der Waals surface area contributed by atoms with Crippen molar-refractivity contribution >= 4 is 22.8 Å². The number of ether oxygens (including phenoxy) is 1. The Morgan fingerprint density at radius 2 is 1.88 bits per heavy atom. The minimum atomic E-state index is -0.775. The number of aromatic nitrogens is 1. The van der Waals surface area contributed by atoms with Gasteiger partial charge in [-0.1, -0.05) is 54.1 Å². The first kappa shape index (κ1) is 17.6. The molecule has 0 radical (unpaired) electrons. The molecule has 0 saturated carbocycles. The summed E-state index contributed by atoms with van der Waals surface area (Å²) in [6.45, 7) is 1.98. The van der Waals surface area contributed by atoms with Gasteiger partial charge in [0.2, 0.25) is 0 Å². The summed E-state index contributed by atoms with van der Waals surface area (Å²) in [5.41, 5.74) is 3.04. The highest BCUT2D eigenvalue weighted by Crippen LogP contribution is 2.13. The van der Waals surface area contributed by atoms with Crippen LogP contribution in [-0.4, -0.2) is 30.0 Å². The predicted molar refractivity (Wildman–Crippen MR) is 99.9 cm³/mol. The van der Waals surface area contributed by atoms with Gasteiger partial charge in [0, 0.05) is 11.8 Å². The van der Waals surface area contributed by atoms with Crippen LogP contribution in [0.5, 0.6) is 0 Å². The molecule has 1 aromatic heterocycles. The Morgan fingerprint density at radius 3 is 2.65 bits per heavy atom. The number of benzene rings is 2. The zero-order valence-electron chi connectivity index (χ0n) is 14.7. The van der Waals surface area contributed by atoms with E-state index in [-0.39, 0.29) is 5.69 Å². The zero-order chi connectivity index (χ0) is 18.5. The molecule has 0 aliphatic rings. The topological polar surface area (TPSA) is 68.3 Å². The number of rotatable bonds is 5. The van der Waals surface area contributed by atoms with Crippen molar-refractivity contribution in [1.82, 2.24) is 10.3 Å². The second kappa shape index (κ2) is 7.78. The van der Waals surface area contributed by atoms with Crippen molar-refractivity contribution in [2.75, 3.05) is 7.11 Å². The van der Waals surface area contributed by atoms with Crippen LogP contribution in [0.3, 0.4) is 0 Å². The molecule has 1 N–H and O–H groups in total. The Bertz CT molecular complexity index is 953. The molecule has 0 aliphatic carbocycles. The molecule has 1 heterocycles. The van der Waals surface area contributed by atoms with Crippen molar-refractivity contribution in [3.8, 4) is 0 Å². The van der Waals surface area contributed by atoms with Gasteiger partial charge in [0.1, 0.15) is 11.7 Å². The number of amides is 1. The fourth-order valence-corrected chi connectivity index (χ4v) is 2.84. The number of nitrogens with one attached hydrogen (secondary N) is 1. The first-order chi connectivity index (χ1) is 12.6. The molecule has 0 fully saturated rings. The van der Waals surface area contributed by atoms with Crippen LogP contribution in [0, 0.1) is 6.92 Å². The van der Waals surface area contributed by atoms with Gasteiger partial charge in [-0.2, -0.15) is 0 Å². The lowest BCUT2D eigenvalue weighted by atomic mass is 10.0. The second-order valence-corrected chi connectivity index (χ2v) is 6.13. The van der Waals surface area contributed by atoms with Gasteiger partial charge in [0.05, 0.1) is 12.6 Å². The number of para-hydroxylation sites is 1. The fourth-order valence-electron chi connectivity index (χ4n) is 2.84. The number of hydrogen-bond acceptors (Lipinski definition) is 4. The number of aryl methyl sites for hydroxylation is 1. The normalized spacial score (nSPS) is 11.8. The van der Waals surface area contributed by atoms with Gasteiger partial charge in [0.25, 0.3) is 5.91 Å². The average Bonchev–Trinajstić information content (AvgIpc) is 2.66. The van der Waals surface area contributed by atoms with E-state index in [2.05, 4.69) is 10.3 Å². The maximum absolute atomic E-state index is 12.6. The number of hydrogen-bond donors (Lipinski definition) is 1. The molecular formula is C21H20N2O3. The predicted octanol–water partition coefficient (Wildman–Crippen LogP) is 3.06. The summed E-state index contributed by atoms with van der Waals surface area (Å²) in [6, 6.07) is 18.1. The number of carbonyl (C=O) groups is 2. The van der Waals surface area contributed by atoms with Crippen LogP contribution in [0.1, 0.15) is 21.6 Å². The molecule has 1 amide bonds. The van der Waals surface area contributed by atoms with Crippen LogP contribution < -0.4 is 5.32 Å². The molecule has 0 aliphatic heterocycles. The smallest absolute Gasteiger partial charge is 0.328 e. The summed E-state index contributed by atoms with van der Waals surface area (Å²) in [5.74, 6) is -0.889. The molecule has 0 unspecified atom stereocenters. The molecule has 5 heteroatoms. The van der Waals surface area contributed by atoms with Gasteiger partial charge in [0.15, 0.2) is 0 Å². The minimum absolute atomic E-state index is 0.266. The first-order valence-electron chi connectivity index (χ1n) is 8.37. The number of methoxy groups -OCH3 is 1. The summed E-state index contributed by atoms with van der Waals surface area (Å²) in [4.78, 5) is 29.1.